The summed E-state index contributed by atoms with van der Waals surface area (Å²) in [6.07, 6.45) is 3.98. The summed E-state index contributed by atoms with van der Waals surface area (Å²) in [5.74, 6) is 1.57. The molecule has 1 aromatic heterocycles. The van der Waals surface area contributed by atoms with Crippen LogP contribution in [0.3, 0.4) is 0 Å². The van der Waals surface area contributed by atoms with Crippen LogP contribution in [0.15, 0.2) is 66.7 Å². The maximum Gasteiger partial charge on any atom is 0.142 e. The van der Waals surface area contributed by atoms with Gasteiger partial charge in [0.2, 0.25) is 0 Å². The Morgan fingerprint density at radius 1 is 0.839 bits per heavy atom. The fourth-order valence-electron chi connectivity index (χ4n) is 3.58. The van der Waals surface area contributed by atoms with Crippen LogP contribution in [0, 0.1) is 6.92 Å². The maximum atomic E-state index is 6.36. The van der Waals surface area contributed by atoms with Crippen molar-refractivity contribution in [2.24, 2.45) is 0 Å². The number of methoxy groups -OCH3 is 2. The van der Waals surface area contributed by atoms with Gasteiger partial charge in [-0.25, -0.2) is 4.98 Å². The lowest BCUT2D eigenvalue weighted by Crippen LogP contribution is -2.00. The van der Waals surface area contributed by atoms with E-state index in [-0.39, 0.29) is 0 Å². The number of nitrogen functional groups attached to an aromatic ring is 1. The number of hydrogen-bond donors (Lipinski definition) is 2. The predicted octanol–water partition coefficient (Wildman–Crippen LogP) is 6.06. The van der Waals surface area contributed by atoms with Crippen LogP contribution in [0.5, 0.6) is 11.5 Å². The van der Waals surface area contributed by atoms with Crippen molar-refractivity contribution in [2.45, 2.75) is 6.92 Å². The van der Waals surface area contributed by atoms with Gasteiger partial charge >= 0.3 is 0 Å². The number of rotatable bonds is 6. The minimum absolute atomic E-state index is 0.672. The number of hydrogen-bond acceptors (Lipinski definition) is 5. The highest BCUT2D eigenvalue weighted by Gasteiger charge is 2.12. The number of pyridine rings is 1. The quantitative estimate of drug-likeness (QED) is 0.378. The second-order valence-corrected chi connectivity index (χ2v) is 7.19. The van der Waals surface area contributed by atoms with E-state index in [2.05, 4.69) is 5.32 Å². The first kappa shape index (κ1) is 20.3. The number of aromatic nitrogens is 1. The Hall–Kier alpha value is -3.99. The molecule has 0 saturated heterocycles. The standard InChI is InChI=1S/C26H25N3O2/c1-17-12-15-20(27)25-22(29-21-9-5-7-11-24(21)31-3)16-19(28-26(17)25)14-13-18-8-4-6-10-23(18)30-2/h4-16H,27H2,1-3H3,(H,28,29)/b14-13+. The van der Waals surface area contributed by atoms with Gasteiger partial charge in [-0.15, -0.1) is 0 Å². The highest BCUT2D eigenvalue weighted by molar-refractivity contribution is 6.04. The minimum Gasteiger partial charge on any atom is -0.496 e. The highest BCUT2D eigenvalue weighted by Crippen LogP contribution is 2.35. The molecule has 0 unspecified atom stereocenters. The number of nitrogens with two attached hydrogens (primary N) is 1. The second-order valence-electron chi connectivity index (χ2n) is 7.19. The van der Waals surface area contributed by atoms with E-state index in [0.717, 1.165) is 50.6 Å². The van der Waals surface area contributed by atoms with Gasteiger partial charge in [0, 0.05) is 16.6 Å². The van der Waals surface area contributed by atoms with E-state index in [9.17, 15) is 0 Å². The number of aryl methyl sites for hydroxylation is 1. The first-order valence-corrected chi connectivity index (χ1v) is 10.0. The normalized spacial score (nSPS) is 11.1. The molecule has 0 aliphatic heterocycles. The molecule has 0 saturated carbocycles. The Kier molecular flexibility index (Phi) is 5.76. The molecule has 0 bridgehead atoms. The fraction of sp³-hybridized carbons (Fsp3) is 0.115. The van der Waals surface area contributed by atoms with Crippen molar-refractivity contribution in [3.05, 3.63) is 83.6 Å². The molecule has 31 heavy (non-hydrogen) atoms. The van der Waals surface area contributed by atoms with Crippen LogP contribution in [0.1, 0.15) is 16.8 Å². The first-order chi connectivity index (χ1) is 15.1. The summed E-state index contributed by atoms with van der Waals surface area (Å²) in [7, 11) is 3.33. The van der Waals surface area contributed by atoms with Crippen LogP contribution in [-0.4, -0.2) is 19.2 Å². The van der Waals surface area contributed by atoms with E-state index in [1.165, 1.54) is 0 Å². The molecule has 0 spiro atoms. The van der Waals surface area contributed by atoms with Gasteiger partial charge in [0.1, 0.15) is 11.5 Å². The SMILES string of the molecule is COc1ccccc1/C=C/c1cc(Nc2ccccc2OC)c2c(N)ccc(C)c2n1. The molecule has 4 rings (SSSR count). The molecule has 0 amide bonds. The third-order valence-electron chi connectivity index (χ3n) is 5.16. The Balaban J connectivity index is 1.84. The van der Waals surface area contributed by atoms with E-state index >= 15 is 0 Å². The maximum absolute atomic E-state index is 6.36. The summed E-state index contributed by atoms with van der Waals surface area (Å²) in [5.41, 5.74) is 12.5. The van der Waals surface area contributed by atoms with Crippen LogP contribution in [0.25, 0.3) is 23.1 Å². The number of nitrogens with one attached hydrogen (secondary N) is 1. The summed E-state index contributed by atoms with van der Waals surface area (Å²) in [5, 5.41) is 4.38. The van der Waals surface area contributed by atoms with E-state index < -0.39 is 0 Å². The fourth-order valence-corrected chi connectivity index (χ4v) is 3.58. The third kappa shape index (κ3) is 4.16. The zero-order valence-corrected chi connectivity index (χ0v) is 17.8. The third-order valence-corrected chi connectivity index (χ3v) is 5.16. The van der Waals surface area contributed by atoms with Gasteiger partial charge in [-0.3, -0.25) is 0 Å². The van der Waals surface area contributed by atoms with Crippen molar-refractivity contribution in [2.75, 3.05) is 25.3 Å². The van der Waals surface area contributed by atoms with Crippen LogP contribution in [-0.2, 0) is 0 Å². The molecule has 156 valence electrons. The first-order valence-electron chi connectivity index (χ1n) is 10.0. The Labute approximate surface area is 182 Å². The van der Waals surface area contributed by atoms with Gasteiger partial charge in [0.15, 0.2) is 0 Å². The zero-order valence-electron chi connectivity index (χ0n) is 17.8. The molecular weight excluding hydrogens is 386 g/mol. The number of para-hydroxylation sites is 3. The van der Waals surface area contributed by atoms with Gasteiger partial charge in [-0.2, -0.15) is 0 Å². The Bertz CT molecular complexity index is 1260. The van der Waals surface area contributed by atoms with Crippen LogP contribution < -0.4 is 20.5 Å². The van der Waals surface area contributed by atoms with Gasteiger partial charge in [-0.1, -0.05) is 36.4 Å². The van der Waals surface area contributed by atoms with Crippen LogP contribution in [0.4, 0.5) is 17.1 Å². The predicted molar refractivity (Wildman–Crippen MR) is 129 cm³/mol. The molecule has 0 radical (unpaired) electrons. The zero-order chi connectivity index (χ0) is 21.8. The number of nitrogens with zero attached hydrogens (tertiary/aromatic N) is 1. The average Bonchev–Trinajstić information content (AvgIpc) is 2.80. The smallest absolute Gasteiger partial charge is 0.142 e. The summed E-state index contributed by atoms with van der Waals surface area (Å²) < 4.78 is 11.0. The number of benzene rings is 3. The second kappa shape index (κ2) is 8.79. The lowest BCUT2D eigenvalue weighted by molar-refractivity contribution is 0.414. The molecule has 3 N–H and O–H groups in total. The summed E-state index contributed by atoms with van der Waals surface area (Å²) in [6, 6.07) is 21.6. The molecular formula is C26H25N3O2. The van der Waals surface area contributed by atoms with Crippen molar-refractivity contribution in [1.29, 1.82) is 0 Å². The van der Waals surface area contributed by atoms with E-state index in [0.29, 0.717) is 5.69 Å². The van der Waals surface area contributed by atoms with Crippen LogP contribution >= 0.6 is 0 Å². The van der Waals surface area contributed by atoms with Crippen molar-refractivity contribution >= 4 is 40.1 Å². The summed E-state index contributed by atoms with van der Waals surface area (Å²) in [4.78, 5) is 4.87. The Morgan fingerprint density at radius 3 is 2.32 bits per heavy atom. The molecule has 5 nitrogen and oxygen atoms in total. The topological polar surface area (TPSA) is 69.4 Å². The van der Waals surface area contributed by atoms with E-state index in [4.69, 9.17) is 20.2 Å². The van der Waals surface area contributed by atoms with Gasteiger partial charge in [0.25, 0.3) is 0 Å². The number of anilines is 3. The summed E-state index contributed by atoms with van der Waals surface area (Å²) in [6.45, 7) is 2.04. The number of fused-ring (bicyclic) bond motifs is 1. The van der Waals surface area contributed by atoms with Crippen LogP contribution in [0.2, 0.25) is 0 Å². The Morgan fingerprint density at radius 2 is 1.55 bits per heavy atom. The van der Waals surface area contributed by atoms with E-state index in [1.807, 2.05) is 85.8 Å². The van der Waals surface area contributed by atoms with Gasteiger partial charge < -0.3 is 20.5 Å². The molecule has 0 aliphatic rings. The monoisotopic (exact) mass is 411 g/mol. The van der Waals surface area contributed by atoms with E-state index in [1.54, 1.807) is 14.2 Å². The van der Waals surface area contributed by atoms with Crippen molar-refractivity contribution in [1.82, 2.24) is 4.98 Å². The van der Waals surface area contributed by atoms with Gasteiger partial charge in [-0.05, 0) is 55.0 Å². The lowest BCUT2D eigenvalue weighted by atomic mass is 10.1. The molecule has 0 atom stereocenters. The molecule has 1 heterocycles. The molecule has 0 fully saturated rings. The largest absolute Gasteiger partial charge is 0.496 e. The molecule has 4 aromatic rings. The van der Waals surface area contributed by atoms with Gasteiger partial charge in [0.05, 0.1) is 36.8 Å². The van der Waals surface area contributed by atoms with Crippen molar-refractivity contribution in [3.63, 3.8) is 0 Å². The highest BCUT2D eigenvalue weighted by atomic mass is 16.5. The minimum atomic E-state index is 0.672. The summed E-state index contributed by atoms with van der Waals surface area (Å²) >= 11 is 0. The number of ether oxygens (including phenoxy) is 2. The van der Waals surface area contributed by atoms with Crippen molar-refractivity contribution in [3.8, 4) is 11.5 Å². The lowest BCUT2D eigenvalue weighted by Gasteiger charge is -2.16. The average molecular weight is 412 g/mol. The van der Waals surface area contributed by atoms with Crippen molar-refractivity contribution < 1.29 is 9.47 Å². The molecule has 0 aliphatic carbocycles. The molecule has 5 heteroatoms. The molecule has 3 aromatic carbocycles.